The van der Waals surface area contributed by atoms with Crippen molar-refractivity contribution in [2.45, 2.75) is 12.8 Å². The number of nitrogens with one attached hydrogen (secondary N) is 1. The quantitative estimate of drug-likeness (QED) is 0.518. The first-order chi connectivity index (χ1) is 4.47. The molecule has 0 bridgehead atoms. The third kappa shape index (κ3) is 0.689. The van der Waals surface area contributed by atoms with Crippen molar-refractivity contribution in [2.24, 2.45) is 0 Å². The van der Waals surface area contributed by atoms with Crippen LogP contribution in [0.5, 0.6) is 0 Å². The third-order valence-corrected chi connectivity index (χ3v) is 1.69. The lowest BCUT2D eigenvalue weighted by Gasteiger charge is -1.91. The lowest BCUT2D eigenvalue weighted by atomic mass is 10.2. The van der Waals surface area contributed by atoms with Gasteiger partial charge in [-0.05, 0) is 24.1 Å². The van der Waals surface area contributed by atoms with Gasteiger partial charge in [0.1, 0.15) is 0 Å². The van der Waals surface area contributed by atoms with Crippen molar-refractivity contribution in [3.05, 3.63) is 22.8 Å². The van der Waals surface area contributed by atoms with E-state index >= 15 is 0 Å². The molecule has 1 N–H and O–H groups in total. The molecule has 0 amide bonds. The van der Waals surface area contributed by atoms with Crippen LogP contribution >= 0.6 is 0 Å². The SMILES string of the molecule is C1=c2cc[nH]c2=CCC1.[HH]. The first-order valence-electron chi connectivity index (χ1n) is 3.30. The third-order valence-electron chi connectivity index (χ3n) is 1.69. The van der Waals surface area contributed by atoms with Crippen LogP contribution in [0.2, 0.25) is 0 Å². The smallest absolute Gasteiger partial charge is 0.0410 e. The van der Waals surface area contributed by atoms with Crippen molar-refractivity contribution in [1.29, 1.82) is 0 Å². The van der Waals surface area contributed by atoms with Crippen molar-refractivity contribution in [3.63, 3.8) is 0 Å². The Kier molecular flexibility index (Phi) is 0.950. The van der Waals surface area contributed by atoms with Crippen LogP contribution < -0.4 is 10.6 Å². The van der Waals surface area contributed by atoms with Crippen LogP contribution in [0.3, 0.4) is 0 Å². The fraction of sp³-hybridized carbons (Fsp3) is 0.250. The van der Waals surface area contributed by atoms with E-state index in [-0.39, 0.29) is 1.43 Å². The standard InChI is InChI=1S/C8H9N.H2/c1-2-4-8-7(3-1)5-6-9-8;/h3-6,9H,1-2H2;1H. The highest BCUT2D eigenvalue weighted by Crippen LogP contribution is 1.92. The molecule has 0 saturated heterocycles. The number of aromatic amines is 1. The van der Waals surface area contributed by atoms with Gasteiger partial charge in [-0.1, -0.05) is 12.2 Å². The number of hydrogen-bond donors (Lipinski definition) is 1. The number of rotatable bonds is 0. The molecule has 48 valence electrons. The van der Waals surface area contributed by atoms with Gasteiger partial charge in [0.2, 0.25) is 0 Å². The summed E-state index contributed by atoms with van der Waals surface area (Å²) >= 11 is 0. The van der Waals surface area contributed by atoms with Gasteiger partial charge in [-0.2, -0.15) is 0 Å². The molecular formula is C8H11N. The first kappa shape index (κ1) is 4.86. The van der Waals surface area contributed by atoms with Gasteiger partial charge >= 0.3 is 0 Å². The zero-order chi connectivity index (χ0) is 6.10. The lowest BCUT2D eigenvalue weighted by Crippen LogP contribution is -2.23. The van der Waals surface area contributed by atoms with Gasteiger partial charge in [0.15, 0.2) is 0 Å². The van der Waals surface area contributed by atoms with E-state index in [9.17, 15) is 0 Å². The Morgan fingerprint density at radius 1 is 1.33 bits per heavy atom. The molecule has 0 aliphatic heterocycles. The van der Waals surface area contributed by atoms with Crippen LogP contribution in [0.1, 0.15) is 14.3 Å². The van der Waals surface area contributed by atoms with Crippen molar-refractivity contribution in [1.82, 2.24) is 4.98 Å². The van der Waals surface area contributed by atoms with Gasteiger partial charge < -0.3 is 4.98 Å². The summed E-state index contributed by atoms with van der Waals surface area (Å²) in [5.74, 6) is 0. The molecule has 1 aromatic rings. The molecule has 0 atom stereocenters. The predicted octanol–water partition coefficient (Wildman–Crippen LogP) is 0.615. The maximum absolute atomic E-state index is 3.17. The normalized spacial score (nSPS) is 15.6. The van der Waals surface area contributed by atoms with E-state index in [0.29, 0.717) is 0 Å². The Bertz CT molecular complexity index is 280. The molecule has 0 spiro atoms. The fourth-order valence-corrected chi connectivity index (χ4v) is 1.22. The second-order valence-electron chi connectivity index (χ2n) is 2.33. The molecule has 0 fully saturated rings. The van der Waals surface area contributed by atoms with E-state index < -0.39 is 0 Å². The topological polar surface area (TPSA) is 15.8 Å². The molecule has 0 aromatic carbocycles. The maximum Gasteiger partial charge on any atom is 0.0410 e. The van der Waals surface area contributed by atoms with E-state index in [0.717, 1.165) is 0 Å². The molecule has 1 aliphatic rings. The molecule has 2 rings (SSSR count). The molecule has 1 aliphatic carbocycles. The summed E-state index contributed by atoms with van der Waals surface area (Å²) in [7, 11) is 0. The molecule has 1 heterocycles. The number of H-pyrrole nitrogens is 1. The Hall–Kier alpha value is -0.980. The van der Waals surface area contributed by atoms with Crippen molar-refractivity contribution in [3.8, 4) is 0 Å². The molecular weight excluding hydrogens is 110 g/mol. The summed E-state index contributed by atoms with van der Waals surface area (Å²) in [5, 5.41) is 2.66. The molecule has 0 radical (unpaired) electrons. The summed E-state index contributed by atoms with van der Waals surface area (Å²) in [6.07, 6.45) is 8.89. The summed E-state index contributed by atoms with van der Waals surface area (Å²) < 4.78 is 0. The van der Waals surface area contributed by atoms with Gasteiger partial charge in [-0.25, -0.2) is 0 Å². The van der Waals surface area contributed by atoms with Crippen molar-refractivity contribution in [2.75, 3.05) is 0 Å². The van der Waals surface area contributed by atoms with E-state index in [1.807, 2.05) is 6.20 Å². The van der Waals surface area contributed by atoms with Gasteiger partial charge in [0.25, 0.3) is 0 Å². The zero-order valence-corrected chi connectivity index (χ0v) is 5.22. The minimum Gasteiger partial charge on any atom is -0.361 e. The summed E-state index contributed by atoms with van der Waals surface area (Å²) in [6.45, 7) is 0. The summed E-state index contributed by atoms with van der Waals surface area (Å²) in [5.41, 5.74) is 0. The zero-order valence-electron chi connectivity index (χ0n) is 5.22. The molecule has 0 unspecified atom stereocenters. The van der Waals surface area contributed by atoms with Crippen LogP contribution in [-0.4, -0.2) is 4.98 Å². The number of aromatic nitrogens is 1. The van der Waals surface area contributed by atoms with Crippen molar-refractivity contribution >= 4 is 12.2 Å². The van der Waals surface area contributed by atoms with Gasteiger partial charge in [-0.3, -0.25) is 0 Å². The minimum atomic E-state index is 0. The minimum absolute atomic E-state index is 0. The van der Waals surface area contributed by atoms with Crippen LogP contribution in [0, 0.1) is 0 Å². The van der Waals surface area contributed by atoms with Gasteiger partial charge in [-0.15, -0.1) is 0 Å². The van der Waals surface area contributed by atoms with E-state index in [1.54, 1.807) is 0 Å². The summed E-state index contributed by atoms with van der Waals surface area (Å²) in [6, 6.07) is 2.12. The molecule has 9 heavy (non-hydrogen) atoms. The summed E-state index contributed by atoms with van der Waals surface area (Å²) in [4.78, 5) is 3.17. The lowest BCUT2D eigenvalue weighted by molar-refractivity contribution is 1.10. The number of fused-ring (bicyclic) bond motifs is 1. The van der Waals surface area contributed by atoms with Crippen molar-refractivity contribution < 1.29 is 1.43 Å². The predicted molar refractivity (Wildman–Crippen MR) is 40.3 cm³/mol. The fourth-order valence-electron chi connectivity index (χ4n) is 1.22. The first-order valence-corrected chi connectivity index (χ1v) is 3.30. The monoisotopic (exact) mass is 121 g/mol. The van der Waals surface area contributed by atoms with E-state index in [1.165, 1.54) is 23.4 Å². The average molecular weight is 121 g/mol. The molecule has 1 heteroatoms. The van der Waals surface area contributed by atoms with E-state index in [2.05, 4.69) is 23.2 Å². The Morgan fingerprint density at radius 2 is 2.22 bits per heavy atom. The van der Waals surface area contributed by atoms with Crippen LogP contribution in [0.4, 0.5) is 0 Å². The Morgan fingerprint density at radius 3 is 3.11 bits per heavy atom. The van der Waals surface area contributed by atoms with E-state index in [4.69, 9.17) is 0 Å². The average Bonchev–Trinajstić information content (AvgIpc) is 2.33. The van der Waals surface area contributed by atoms with Gasteiger partial charge in [0, 0.05) is 13.0 Å². The molecule has 1 aromatic heterocycles. The molecule has 1 nitrogen and oxygen atoms in total. The van der Waals surface area contributed by atoms with Gasteiger partial charge in [0.05, 0.1) is 0 Å². The largest absolute Gasteiger partial charge is 0.361 e. The number of hydrogen-bond acceptors (Lipinski definition) is 0. The highest BCUT2D eigenvalue weighted by Gasteiger charge is 1.90. The molecule has 0 saturated carbocycles. The van der Waals surface area contributed by atoms with Crippen LogP contribution in [0.15, 0.2) is 12.3 Å². The highest BCUT2D eigenvalue weighted by atomic mass is 14.6. The van der Waals surface area contributed by atoms with Crippen LogP contribution in [0.25, 0.3) is 12.2 Å². The second kappa shape index (κ2) is 1.76. The second-order valence-corrected chi connectivity index (χ2v) is 2.33. The Balaban J connectivity index is 0.000000500. The Labute approximate surface area is 55.2 Å². The highest BCUT2D eigenvalue weighted by molar-refractivity contribution is 5.35. The maximum atomic E-state index is 3.17. The van der Waals surface area contributed by atoms with Crippen LogP contribution in [-0.2, 0) is 0 Å².